The number of hydrogen-bond donors (Lipinski definition) is 0. The van der Waals surface area contributed by atoms with Gasteiger partial charge in [0.1, 0.15) is 14.2 Å². The van der Waals surface area contributed by atoms with Crippen LogP contribution in [0.4, 0.5) is 0 Å². The summed E-state index contributed by atoms with van der Waals surface area (Å²) < 4.78 is 1.96. The van der Waals surface area contributed by atoms with Crippen LogP contribution in [-0.4, -0.2) is 13.3 Å². The number of rotatable bonds is 2. The molecular formula is C8H11IN2O. The molecule has 0 N–H and O–H groups in total. The van der Waals surface area contributed by atoms with Gasteiger partial charge in [-0.15, -0.1) is 0 Å². The Hall–Kier alpha value is -0.650. The summed E-state index contributed by atoms with van der Waals surface area (Å²) in [5.41, 5.74) is 1.03. The van der Waals surface area contributed by atoms with Crippen LogP contribution in [0.15, 0.2) is 29.7 Å². The fourth-order valence-electron chi connectivity index (χ4n) is 0.712. The maximum atomic E-state index is 4.54. The number of halogens is 1. The summed E-state index contributed by atoms with van der Waals surface area (Å²) in [6.45, 7) is 0. The molecule has 66 valence electrons. The molecule has 0 aliphatic carbocycles. The third-order valence-electron chi connectivity index (χ3n) is 1.31. The lowest BCUT2D eigenvalue weighted by Gasteiger charge is -1.88. The molecule has 0 atom stereocenters. The van der Waals surface area contributed by atoms with E-state index in [4.69, 9.17) is 0 Å². The van der Waals surface area contributed by atoms with Crippen LogP contribution in [0.3, 0.4) is 0 Å². The maximum absolute atomic E-state index is 4.54. The van der Waals surface area contributed by atoms with E-state index < -0.39 is 0 Å². The SMILES string of the molecule is CO/N=C\c1cc[n+](C)cc1.[I-]. The smallest absolute Gasteiger partial charge is 0.169 e. The number of oxime groups is 1. The van der Waals surface area contributed by atoms with Crippen LogP contribution in [0.25, 0.3) is 0 Å². The van der Waals surface area contributed by atoms with Crippen molar-refractivity contribution in [2.75, 3.05) is 7.11 Å². The molecule has 0 aromatic carbocycles. The van der Waals surface area contributed by atoms with Crippen molar-refractivity contribution in [3.05, 3.63) is 30.1 Å². The molecule has 0 amide bonds. The third kappa shape index (κ3) is 3.66. The van der Waals surface area contributed by atoms with Crippen molar-refractivity contribution < 1.29 is 33.4 Å². The van der Waals surface area contributed by atoms with Gasteiger partial charge in [-0.25, -0.2) is 4.57 Å². The van der Waals surface area contributed by atoms with Crippen molar-refractivity contribution >= 4 is 6.21 Å². The Morgan fingerprint density at radius 2 is 2.00 bits per heavy atom. The highest BCUT2D eigenvalue weighted by molar-refractivity contribution is 5.78. The Kier molecular flexibility index (Phi) is 5.61. The number of aryl methyl sites for hydroxylation is 1. The molecule has 3 nitrogen and oxygen atoms in total. The average molecular weight is 278 g/mol. The summed E-state index contributed by atoms with van der Waals surface area (Å²) in [5, 5.41) is 3.64. The standard InChI is InChI=1S/C8H11N2O.HI/c1-10-5-3-8(4-6-10)7-9-11-2;/h3-7H,1-2H3;1H/q+1;/p-1/b9-7-;. The molecule has 0 radical (unpaired) electrons. The van der Waals surface area contributed by atoms with E-state index in [1.807, 2.05) is 36.1 Å². The average Bonchev–Trinajstić information content (AvgIpc) is 2.04. The molecule has 12 heavy (non-hydrogen) atoms. The highest BCUT2D eigenvalue weighted by Gasteiger charge is 1.90. The van der Waals surface area contributed by atoms with Crippen LogP contribution in [0.5, 0.6) is 0 Å². The zero-order valence-corrected chi connectivity index (χ0v) is 9.22. The molecule has 1 rings (SSSR count). The van der Waals surface area contributed by atoms with Gasteiger partial charge in [0.2, 0.25) is 0 Å². The van der Waals surface area contributed by atoms with E-state index in [1.54, 1.807) is 6.21 Å². The minimum absolute atomic E-state index is 0. The lowest BCUT2D eigenvalue weighted by molar-refractivity contribution is -0.671. The minimum Gasteiger partial charge on any atom is -1.00 e. The van der Waals surface area contributed by atoms with Crippen LogP contribution in [0.2, 0.25) is 0 Å². The van der Waals surface area contributed by atoms with E-state index in [0.29, 0.717) is 0 Å². The molecule has 0 spiro atoms. The van der Waals surface area contributed by atoms with Crippen molar-refractivity contribution in [1.29, 1.82) is 0 Å². The molecule has 1 aromatic rings. The molecule has 4 heteroatoms. The summed E-state index contributed by atoms with van der Waals surface area (Å²) >= 11 is 0. The molecule has 0 saturated heterocycles. The Balaban J connectivity index is 0.00000121. The topological polar surface area (TPSA) is 25.5 Å². The second-order valence-electron chi connectivity index (χ2n) is 2.21. The van der Waals surface area contributed by atoms with Gasteiger partial charge in [0.15, 0.2) is 12.4 Å². The fraction of sp³-hybridized carbons (Fsp3) is 0.250. The number of pyridine rings is 1. The lowest BCUT2D eigenvalue weighted by Crippen LogP contribution is -3.00. The largest absolute Gasteiger partial charge is 1.00 e. The Morgan fingerprint density at radius 1 is 1.42 bits per heavy atom. The predicted octanol–water partition coefficient (Wildman–Crippen LogP) is -2.50. The van der Waals surface area contributed by atoms with Crippen LogP contribution < -0.4 is 28.5 Å². The van der Waals surface area contributed by atoms with Crippen molar-refractivity contribution in [2.24, 2.45) is 12.2 Å². The van der Waals surface area contributed by atoms with E-state index in [1.165, 1.54) is 7.11 Å². The molecule has 1 heterocycles. The zero-order valence-electron chi connectivity index (χ0n) is 7.07. The second-order valence-corrected chi connectivity index (χ2v) is 2.21. The van der Waals surface area contributed by atoms with Crippen LogP contribution in [-0.2, 0) is 11.9 Å². The van der Waals surface area contributed by atoms with Crippen LogP contribution >= 0.6 is 0 Å². The van der Waals surface area contributed by atoms with E-state index >= 15 is 0 Å². The monoisotopic (exact) mass is 278 g/mol. The molecule has 0 fully saturated rings. The van der Waals surface area contributed by atoms with E-state index in [9.17, 15) is 0 Å². The van der Waals surface area contributed by atoms with Crippen molar-refractivity contribution in [3.8, 4) is 0 Å². The van der Waals surface area contributed by atoms with Crippen LogP contribution in [0.1, 0.15) is 5.56 Å². The van der Waals surface area contributed by atoms with Gasteiger partial charge in [-0.1, -0.05) is 5.16 Å². The van der Waals surface area contributed by atoms with Crippen molar-refractivity contribution in [1.82, 2.24) is 0 Å². The third-order valence-corrected chi connectivity index (χ3v) is 1.31. The summed E-state index contributed by atoms with van der Waals surface area (Å²) in [5.74, 6) is 0. The van der Waals surface area contributed by atoms with Crippen LogP contribution in [0, 0.1) is 0 Å². The van der Waals surface area contributed by atoms with E-state index in [0.717, 1.165) is 5.56 Å². The number of nitrogens with zero attached hydrogens (tertiary/aromatic N) is 2. The molecule has 0 bridgehead atoms. The van der Waals surface area contributed by atoms with Gasteiger partial charge in [-0.05, 0) is 0 Å². The minimum atomic E-state index is 0. The van der Waals surface area contributed by atoms with Gasteiger partial charge < -0.3 is 28.8 Å². The highest BCUT2D eigenvalue weighted by atomic mass is 127. The number of hydrogen-bond acceptors (Lipinski definition) is 2. The fourth-order valence-corrected chi connectivity index (χ4v) is 0.712. The summed E-state index contributed by atoms with van der Waals surface area (Å²) in [6, 6.07) is 3.92. The van der Waals surface area contributed by atoms with Gasteiger partial charge in [0.05, 0.1) is 6.21 Å². The molecule has 0 saturated carbocycles. The normalized spacial score (nSPS) is 9.50. The van der Waals surface area contributed by atoms with Gasteiger partial charge >= 0.3 is 0 Å². The van der Waals surface area contributed by atoms with Gasteiger partial charge in [-0.3, -0.25) is 0 Å². The lowest BCUT2D eigenvalue weighted by atomic mass is 10.3. The zero-order chi connectivity index (χ0) is 8.10. The molecule has 0 aliphatic rings. The van der Waals surface area contributed by atoms with Gasteiger partial charge in [0.25, 0.3) is 0 Å². The van der Waals surface area contributed by atoms with Gasteiger partial charge in [0, 0.05) is 17.7 Å². The summed E-state index contributed by atoms with van der Waals surface area (Å²) in [7, 11) is 3.50. The molecular weight excluding hydrogens is 267 g/mol. The van der Waals surface area contributed by atoms with E-state index in [-0.39, 0.29) is 24.0 Å². The quantitative estimate of drug-likeness (QED) is 0.254. The molecule has 0 aliphatic heterocycles. The molecule has 1 aromatic heterocycles. The predicted molar refractivity (Wildman–Crippen MR) is 42.2 cm³/mol. The first-order chi connectivity index (χ1) is 5.33. The number of aromatic nitrogens is 1. The van der Waals surface area contributed by atoms with Crippen molar-refractivity contribution in [3.63, 3.8) is 0 Å². The maximum Gasteiger partial charge on any atom is 0.169 e. The Labute approximate surface area is 89.1 Å². The first kappa shape index (κ1) is 11.4. The van der Waals surface area contributed by atoms with Gasteiger partial charge in [-0.2, -0.15) is 0 Å². The summed E-state index contributed by atoms with van der Waals surface area (Å²) in [4.78, 5) is 4.54. The first-order valence-electron chi connectivity index (χ1n) is 3.35. The first-order valence-corrected chi connectivity index (χ1v) is 3.35. The Morgan fingerprint density at radius 3 is 2.50 bits per heavy atom. The molecule has 0 unspecified atom stereocenters. The highest BCUT2D eigenvalue weighted by Crippen LogP contribution is 1.89. The second kappa shape index (κ2) is 5.93. The van der Waals surface area contributed by atoms with Crippen molar-refractivity contribution in [2.45, 2.75) is 0 Å². The Bertz CT molecular complexity index is 246. The van der Waals surface area contributed by atoms with E-state index in [2.05, 4.69) is 9.99 Å². The summed E-state index contributed by atoms with van der Waals surface area (Å²) in [6.07, 6.45) is 5.58.